The van der Waals surface area contributed by atoms with Gasteiger partial charge in [-0.2, -0.15) is 5.26 Å². The Kier molecular flexibility index (Phi) is 12.1. The number of benzene rings is 1. The Hall–Kier alpha value is -3.61. The van der Waals surface area contributed by atoms with Crippen LogP contribution < -0.4 is 10.6 Å². The molecule has 0 aliphatic heterocycles. The number of hydrogen-bond acceptors (Lipinski definition) is 7. The largest absolute Gasteiger partial charge is 0.466 e. The zero-order chi connectivity index (χ0) is 28.3. The molecular weight excluding hydrogens is 476 g/mol. The number of rotatable bonds is 11. The molecule has 0 spiro atoms. The Morgan fingerprint density at radius 2 is 1.68 bits per heavy atom. The smallest absolute Gasteiger partial charge is 0.408 e. The van der Waals surface area contributed by atoms with Crippen molar-refractivity contribution in [3.63, 3.8) is 0 Å². The molecule has 3 amide bonds. The first-order chi connectivity index (χ1) is 17.2. The van der Waals surface area contributed by atoms with Crippen LogP contribution in [-0.4, -0.2) is 60.1 Å². The number of aryl methyl sites for hydroxylation is 2. The van der Waals surface area contributed by atoms with Crippen LogP contribution in [0.5, 0.6) is 0 Å². The lowest BCUT2D eigenvalue weighted by atomic mass is 9.96. The van der Waals surface area contributed by atoms with Crippen LogP contribution in [0.15, 0.2) is 18.2 Å². The lowest BCUT2D eigenvalue weighted by Crippen LogP contribution is -2.55. The maximum Gasteiger partial charge on any atom is 0.408 e. The quantitative estimate of drug-likeness (QED) is 0.340. The molecule has 204 valence electrons. The van der Waals surface area contributed by atoms with E-state index in [4.69, 9.17) is 9.47 Å². The van der Waals surface area contributed by atoms with Gasteiger partial charge in [0.15, 0.2) is 0 Å². The van der Waals surface area contributed by atoms with Crippen molar-refractivity contribution in [3.05, 3.63) is 34.9 Å². The van der Waals surface area contributed by atoms with Crippen molar-refractivity contribution < 1.29 is 28.7 Å². The Morgan fingerprint density at radius 1 is 1.08 bits per heavy atom. The summed E-state index contributed by atoms with van der Waals surface area (Å²) in [6, 6.07) is 5.21. The van der Waals surface area contributed by atoms with Crippen molar-refractivity contribution in [3.8, 4) is 6.07 Å². The van der Waals surface area contributed by atoms with Crippen molar-refractivity contribution in [2.24, 2.45) is 5.92 Å². The third kappa shape index (κ3) is 10.5. The second-order valence-corrected chi connectivity index (χ2v) is 10.2. The van der Waals surface area contributed by atoms with Gasteiger partial charge in [0.05, 0.1) is 19.1 Å². The van der Waals surface area contributed by atoms with Gasteiger partial charge in [0.1, 0.15) is 24.2 Å². The normalized spacial score (nSPS) is 12.6. The molecule has 0 aromatic heterocycles. The molecule has 0 fully saturated rings. The molecule has 37 heavy (non-hydrogen) atoms. The first-order valence-electron chi connectivity index (χ1n) is 12.4. The second-order valence-electron chi connectivity index (χ2n) is 10.2. The zero-order valence-electron chi connectivity index (χ0n) is 23.1. The summed E-state index contributed by atoms with van der Waals surface area (Å²) in [6.45, 7) is 13.8. The molecule has 0 bridgehead atoms. The summed E-state index contributed by atoms with van der Waals surface area (Å²) in [5.74, 6) is -1.99. The van der Waals surface area contributed by atoms with Crippen molar-refractivity contribution >= 4 is 23.9 Å². The summed E-state index contributed by atoms with van der Waals surface area (Å²) >= 11 is 0. The predicted octanol–water partition coefficient (Wildman–Crippen LogP) is 3.32. The summed E-state index contributed by atoms with van der Waals surface area (Å²) < 4.78 is 10.2. The van der Waals surface area contributed by atoms with Gasteiger partial charge in [-0.15, -0.1) is 0 Å². The minimum Gasteiger partial charge on any atom is -0.466 e. The van der Waals surface area contributed by atoms with E-state index in [9.17, 15) is 24.4 Å². The van der Waals surface area contributed by atoms with Gasteiger partial charge in [-0.05, 0) is 53.0 Å². The van der Waals surface area contributed by atoms with E-state index >= 15 is 0 Å². The summed E-state index contributed by atoms with van der Waals surface area (Å²) in [5.41, 5.74) is 1.47. The first kappa shape index (κ1) is 31.4. The van der Waals surface area contributed by atoms with Crippen LogP contribution in [-0.2, 0) is 23.9 Å². The average molecular weight is 517 g/mol. The van der Waals surface area contributed by atoms with Gasteiger partial charge in [0, 0.05) is 6.54 Å². The topological polar surface area (TPSA) is 138 Å². The van der Waals surface area contributed by atoms with Crippen LogP contribution >= 0.6 is 0 Å². The lowest BCUT2D eigenvalue weighted by Gasteiger charge is -2.34. The third-order valence-corrected chi connectivity index (χ3v) is 5.18. The molecule has 2 N–H and O–H groups in total. The molecule has 0 aliphatic carbocycles. The minimum atomic E-state index is -1.17. The Bertz CT molecular complexity index is 989. The molecular formula is C27H40N4O6. The van der Waals surface area contributed by atoms with E-state index < -0.39 is 48.1 Å². The molecule has 0 saturated heterocycles. The van der Waals surface area contributed by atoms with Gasteiger partial charge < -0.3 is 25.0 Å². The highest BCUT2D eigenvalue weighted by molar-refractivity contribution is 5.92. The Labute approximate surface area is 219 Å². The molecule has 0 saturated carbocycles. The van der Waals surface area contributed by atoms with E-state index in [1.54, 1.807) is 53.7 Å². The van der Waals surface area contributed by atoms with Crippen molar-refractivity contribution in [1.82, 2.24) is 15.5 Å². The summed E-state index contributed by atoms with van der Waals surface area (Å²) in [5, 5.41) is 14.9. The van der Waals surface area contributed by atoms with Gasteiger partial charge in [-0.25, -0.2) is 4.79 Å². The molecule has 2 atom stereocenters. The van der Waals surface area contributed by atoms with Crippen LogP contribution in [0, 0.1) is 31.1 Å². The van der Waals surface area contributed by atoms with Gasteiger partial charge in [0.25, 0.3) is 0 Å². The number of nitriles is 1. The molecule has 2 unspecified atom stereocenters. The van der Waals surface area contributed by atoms with E-state index in [-0.39, 0.29) is 25.5 Å². The number of esters is 1. The number of amides is 3. The molecule has 1 aromatic rings. The predicted molar refractivity (Wildman–Crippen MR) is 138 cm³/mol. The van der Waals surface area contributed by atoms with Gasteiger partial charge in [0.2, 0.25) is 11.8 Å². The van der Waals surface area contributed by atoms with Gasteiger partial charge in [-0.3, -0.25) is 14.4 Å². The van der Waals surface area contributed by atoms with Gasteiger partial charge >= 0.3 is 12.1 Å². The fourth-order valence-corrected chi connectivity index (χ4v) is 3.76. The monoisotopic (exact) mass is 516 g/mol. The molecule has 0 radical (unpaired) electrons. The van der Waals surface area contributed by atoms with E-state index in [1.807, 2.05) is 26.0 Å². The summed E-state index contributed by atoms with van der Waals surface area (Å²) in [7, 11) is 0. The lowest BCUT2D eigenvalue weighted by molar-refractivity contribution is -0.144. The first-order valence-corrected chi connectivity index (χ1v) is 12.4. The zero-order valence-corrected chi connectivity index (χ0v) is 23.1. The standard InChI is InChI=1S/C27H40N4O6/c1-9-36-21(32)10-12-29-24(33)23(20-15-18(4)14-19(5)16-20)31(13-11-28)25(34)22(17(2)3)30-26(35)37-27(6,7)8/h14-17,22-23H,9-10,12-13H2,1-8H3,(H,29,33)(H,30,35). The number of hydrogen-bond donors (Lipinski definition) is 2. The van der Waals surface area contributed by atoms with E-state index in [1.165, 1.54) is 0 Å². The molecule has 1 rings (SSSR count). The van der Waals surface area contributed by atoms with E-state index in [2.05, 4.69) is 10.6 Å². The number of alkyl carbamates (subject to hydrolysis) is 1. The van der Waals surface area contributed by atoms with Crippen LogP contribution in [0.4, 0.5) is 4.79 Å². The highest BCUT2D eigenvalue weighted by Crippen LogP contribution is 2.25. The SMILES string of the molecule is CCOC(=O)CCNC(=O)C(c1cc(C)cc(C)c1)N(CC#N)C(=O)C(NC(=O)OC(C)(C)C)C(C)C. The summed E-state index contributed by atoms with van der Waals surface area (Å²) in [6.07, 6.45) is -0.821. The third-order valence-electron chi connectivity index (χ3n) is 5.18. The highest BCUT2D eigenvalue weighted by Gasteiger charge is 2.37. The maximum absolute atomic E-state index is 13.8. The van der Waals surface area contributed by atoms with Crippen molar-refractivity contribution in [1.29, 1.82) is 5.26 Å². The van der Waals surface area contributed by atoms with Crippen LogP contribution in [0.25, 0.3) is 0 Å². The molecule has 10 heteroatoms. The molecule has 1 aromatic carbocycles. The fourth-order valence-electron chi connectivity index (χ4n) is 3.76. The average Bonchev–Trinajstić information content (AvgIpc) is 2.75. The second kappa shape index (κ2) is 14.2. The number of carbonyl (C=O) groups is 4. The minimum absolute atomic E-state index is 0.00266. The number of carbonyl (C=O) groups excluding carboxylic acids is 4. The number of nitrogens with zero attached hydrogens (tertiary/aromatic N) is 2. The van der Waals surface area contributed by atoms with Crippen LogP contribution in [0.2, 0.25) is 0 Å². The Balaban J connectivity index is 3.40. The maximum atomic E-state index is 13.8. The fraction of sp³-hybridized carbons (Fsp3) is 0.593. The highest BCUT2D eigenvalue weighted by atomic mass is 16.6. The van der Waals surface area contributed by atoms with Crippen molar-refractivity contribution in [2.45, 2.75) is 79.5 Å². The van der Waals surface area contributed by atoms with Crippen LogP contribution in [0.3, 0.4) is 0 Å². The van der Waals surface area contributed by atoms with E-state index in [0.717, 1.165) is 16.0 Å². The van der Waals surface area contributed by atoms with E-state index in [0.29, 0.717) is 5.56 Å². The molecule has 0 aliphatic rings. The van der Waals surface area contributed by atoms with Crippen molar-refractivity contribution in [2.75, 3.05) is 19.7 Å². The Morgan fingerprint density at radius 3 is 2.16 bits per heavy atom. The number of nitrogens with one attached hydrogen (secondary N) is 2. The molecule has 0 heterocycles. The number of ether oxygens (including phenoxy) is 2. The molecule has 10 nitrogen and oxygen atoms in total. The van der Waals surface area contributed by atoms with Crippen LogP contribution in [0.1, 0.15) is 70.7 Å². The summed E-state index contributed by atoms with van der Waals surface area (Å²) in [4.78, 5) is 52.6. The van der Waals surface area contributed by atoms with Gasteiger partial charge in [-0.1, -0.05) is 43.2 Å².